The normalized spacial score (nSPS) is 15.9. The van der Waals surface area contributed by atoms with Gasteiger partial charge in [-0.3, -0.25) is 4.79 Å². The first kappa shape index (κ1) is 15.3. The zero-order chi connectivity index (χ0) is 14.5. The van der Waals surface area contributed by atoms with Gasteiger partial charge >= 0.3 is 0 Å². The third-order valence-electron chi connectivity index (χ3n) is 3.66. The number of halogens is 1. The smallest absolute Gasteiger partial charge is 0.227 e. The largest absolute Gasteiger partial charge is 0.335 e. The number of rotatable bonds is 7. The van der Waals surface area contributed by atoms with Crippen molar-refractivity contribution < 1.29 is 4.79 Å². The van der Waals surface area contributed by atoms with E-state index in [1.807, 2.05) is 36.1 Å². The van der Waals surface area contributed by atoms with Crippen molar-refractivity contribution in [3.63, 3.8) is 0 Å². The van der Waals surface area contributed by atoms with Gasteiger partial charge in [0.1, 0.15) is 0 Å². The molecule has 1 aromatic rings. The van der Waals surface area contributed by atoms with Crippen LogP contribution in [-0.4, -0.2) is 29.9 Å². The second-order valence-corrected chi connectivity index (χ2v) is 5.97. The second kappa shape index (κ2) is 7.09. The first-order valence-corrected chi connectivity index (χ1v) is 7.75. The Morgan fingerprint density at radius 3 is 2.60 bits per heavy atom. The van der Waals surface area contributed by atoms with Crippen molar-refractivity contribution >= 4 is 17.5 Å². The van der Waals surface area contributed by atoms with Crippen molar-refractivity contribution in [2.45, 2.75) is 39.3 Å². The lowest BCUT2D eigenvalue weighted by atomic mass is 10.1. The van der Waals surface area contributed by atoms with Gasteiger partial charge < -0.3 is 10.2 Å². The van der Waals surface area contributed by atoms with E-state index in [1.165, 1.54) is 0 Å². The molecule has 1 saturated carbocycles. The highest BCUT2D eigenvalue weighted by Crippen LogP contribution is 2.29. The molecule has 0 saturated heterocycles. The van der Waals surface area contributed by atoms with Crippen molar-refractivity contribution in [2.24, 2.45) is 5.92 Å². The van der Waals surface area contributed by atoms with Gasteiger partial charge in [-0.2, -0.15) is 0 Å². The molecule has 1 amide bonds. The number of carbonyl (C=O) groups excluding carboxylic acids is 1. The Bertz CT molecular complexity index is 442. The van der Waals surface area contributed by atoms with Crippen molar-refractivity contribution in [3.8, 4) is 0 Å². The van der Waals surface area contributed by atoms with Crippen molar-refractivity contribution in [2.75, 3.05) is 13.1 Å². The van der Waals surface area contributed by atoms with Gasteiger partial charge in [0.2, 0.25) is 5.91 Å². The van der Waals surface area contributed by atoms with Gasteiger partial charge in [-0.05, 0) is 37.1 Å². The molecule has 4 heteroatoms. The number of hydrogen-bond donors (Lipinski definition) is 1. The summed E-state index contributed by atoms with van der Waals surface area (Å²) in [6, 6.07) is 8.20. The molecule has 0 aliphatic heterocycles. The number of carbonyl (C=O) groups is 1. The summed E-state index contributed by atoms with van der Waals surface area (Å²) in [7, 11) is 0. The van der Waals surface area contributed by atoms with Crippen LogP contribution in [0.2, 0.25) is 5.02 Å². The van der Waals surface area contributed by atoms with Crippen LogP contribution in [0.4, 0.5) is 0 Å². The molecule has 1 fully saturated rings. The Labute approximate surface area is 126 Å². The number of nitrogens with one attached hydrogen (secondary N) is 1. The summed E-state index contributed by atoms with van der Waals surface area (Å²) >= 11 is 5.90. The van der Waals surface area contributed by atoms with Gasteiger partial charge in [-0.15, -0.1) is 0 Å². The van der Waals surface area contributed by atoms with Crippen LogP contribution < -0.4 is 5.32 Å². The number of benzene rings is 1. The molecule has 1 N–H and O–H groups in total. The second-order valence-electron chi connectivity index (χ2n) is 5.53. The van der Waals surface area contributed by atoms with Crippen LogP contribution in [0.25, 0.3) is 0 Å². The summed E-state index contributed by atoms with van der Waals surface area (Å²) in [5.74, 6) is 0.284. The van der Waals surface area contributed by atoms with Crippen molar-refractivity contribution in [3.05, 3.63) is 34.9 Å². The highest BCUT2D eigenvalue weighted by atomic mass is 35.5. The van der Waals surface area contributed by atoms with E-state index in [0.29, 0.717) is 12.6 Å². The lowest BCUT2D eigenvalue weighted by Crippen LogP contribution is -2.40. The van der Waals surface area contributed by atoms with E-state index in [-0.39, 0.29) is 11.8 Å². The van der Waals surface area contributed by atoms with Gasteiger partial charge in [0.15, 0.2) is 0 Å². The molecule has 1 unspecified atom stereocenters. The molecule has 110 valence electrons. The minimum Gasteiger partial charge on any atom is -0.335 e. The fourth-order valence-corrected chi connectivity index (χ4v) is 2.42. The molecule has 1 aromatic carbocycles. The van der Waals surface area contributed by atoms with Crippen LogP contribution in [-0.2, 0) is 11.3 Å². The lowest BCUT2D eigenvalue weighted by Gasteiger charge is -2.26. The van der Waals surface area contributed by atoms with Crippen LogP contribution >= 0.6 is 11.6 Å². The molecule has 1 aliphatic rings. The van der Waals surface area contributed by atoms with E-state index in [2.05, 4.69) is 12.2 Å². The zero-order valence-corrected chi connectivity index (χ0v) is 13.0. The maximum Gasteiger partial charge on any atom is 0.227 e. The van der Waals surface area contributed by atoms with Gasteiger partial charge in [0.05, 0.1) is 0 Å². The van der Waals surface area contributed by atoms with Gasteiger partial charge in [-0.1, -0.05) is 37.6 Å². The molecular weight excluding hydrogens is 272 g/mol. The molecule has 3 nitrogen and oxygen atoms in total. The molecular formula is C16H23ClN2O. The lowest BCUT2D eigenvalue weighted by molar-refractivity contribution is -0.136. The Hall–Kier alpha value is -1.06. The molecule has 0 bridgehead atoms. The first-order chi connectivity index (χ1) is 9.61. The fourth-order valence-electron chi connectivity index (χ4n) is 2.29. The average molecular weight is 295 g/mol. The maximum atomic E-state index is 12.6. The molecule has 1 aliphatic carbocycles. The molecule has 1 atom stereocenters. The van der Waals surface area contributed by atoms with Crippen LogP contribution in [0.1, 0.15) is 32.3 Å². The van der Waals surface area contributed by atoms with E-state index >= 15 is 0 Å². The quantitative estimate of drug-likeness (QED) is 0.838. The Morgan fingerprint density at radius 2 is 2.05 bits per heavy atom. The SMILES string of the molecule is CCNCC(C)C(=O)N(Cc1ccc(Cl)cc1)C1CC1. The maximum absolute atomic E-state index is 12.6. The molecule has 0 aromatic heterocycles. The monoisotopic (exact) mass is 294 g/mol. The molecule has 0 heterocycles. The minimum atomic E-state index is 0.0304. The van der Waals surface area contributed by atoms with Gasteiger partial charge in [-0.25, -0.2) is 0 Å². The van der Waals surface area contributed by atoms with E-state index in [4.69, 9.17) is 11.6 Å². The van der Waals surface area contributed by atoms with E-state index < -0.39 is 0 Å². The molecule has 2 rings (SSSR count). The molecule has 0 spiro atoms. The Kier molecular flexibility index (Phi) is 5.44. The molecule has 20 heavy (non-hydrogen) atoms. The summed E-state index contributed by atoms with van der Waals surface area (Å²) in [5, 5.41) is 3.98. The van der Waals surface area contributed by atoms with Crippen molar-refractivity contribution in [1.29, 1.82) is 0 Å². The third-order valence-corrected chi connectivity index (χ3v) is 3.91. The summed E-state index contributed by atoms with van der Waals surface area (Å²) in [6.45, 7) is 6.40. The topological polar surface area (TPSA) is 32.3 Å². The molecule has 0 radical (unpaired) electrons. The third kappa shape index (κ3) is 4.22. The Balaban J connectivity index is 1.99. The first-order valence-electron chi connectivity index (χ1n) is 7.37. The summed E-state index contributed by atoms with van der Waals surface area (Å²) in [6.07, 6.45) is 2.26. The number of nitrogens with zero attached hydrogens (tertiary/aromatic N) is 1. The van der Waals surface area contributed by atoms with Crippen LogP contribution in [0, 0.1) is 5.92 Å². The predicted molar refractivity (Wildman–Crippen MR) is 82.7 cm³/mol. The van der Waals surface area contributed by atoms with E-state index in [0.717, 1.165) is 36.5 Å². The zero-order valence-electron chi connectivity index (χ0n) is 12.2. The fraction of sp³-hybridized carbons (Fsp3) is 0.562. The van der Waals surface area contributed by atoms with Crippen LogP contribution in [0.5, 0.6) is 0 Å². The van der Waals surface area contributed by atoms with Crippen LogP contribution in [0.3, 0.4) is 0 Å². The highest BCUT2D eigenvalue weighted by Gasteiger charge is 2.34. The number of amides is 1. The van der Waals surface area contributed by atoms with Gasteiger partial charge in [0.25, 0.3) is 0 Å². The van der Waals surface area contributed by atoms with Crippen molar-refractivity contribution in [1.82, 2.24) is 10.2 Å². The van der Waals surface area contributed by atoms with Crippen LogP contribution in [0.15, 0.2) is 24.3 Å². The number of hydrogen-bond acceptors (Lipinski definition) is 2. The summed E-state index contributed by atoms with van der Waals surface area (Å²) < 4.78 is 0. The minimum absolute atomic E-state index is 0.0304. The Morgan fingerprint density at radius 1 is 1.40 bits per heavy atom. The van der Waals surface area contributed by atoms with E-state index in [1.54, 1.807) is 0 Å². The van der Waals surface area contributed by atoms with Gasteiger partial charge in [0, 0.05) is 30.1 Å². The van der Waals surface area contributed by atoms with E-state index in [9.17, 15) is 4.79 Å². The standard InChI is InChI=1S/C16H23ClN2O/c1-3-18-10-12(2)16(20)19(15-8-9-15)11-13-4-6-14(17)7-5-13/h4-7,12,15,18H,3,8-11H2,1-2H3. The summed E-state index contributed by atoms with van der Waals surface area (Å²) in [4.78, 5) is 14.6. The average Bonchev–Trinajstić information content (AvgIpc) is 3.28. The summed E-state index contributed by atoms with van der Waals surface area (Å²) in [5.41, 5.74) is 1.14. The predicted octanol–water partition coefficient (Wildman–Crippen LogP) is 3.08. The highest BCUT2D eigenvalue weighted by molar-refractivity contribution is 6.30.